The molecule has 1 aliphatic rings. The first-order valence-corrected chi connectivity index (χ1v) is 7.63. The summed E-state index contributed by atoms with van der Waals surface area (Å²) in [7, 11) is 0. The van der Waals surface area contributed by atoms with Gasteiger partial charge in [-0.1, -0.05) is 40.0 Å². The van der Waals surface area contributed by atoms with Gasteiger partial charge in [-0.3, -0.25) is 0 Å². The van der Waals surface area contributed by atoms with Gasteiger partial charge in [0.25, 0.3) is 0 Å². The van der Waals surface area contributed by atoms with Crippen LogP contribution >= 0.6 is 0 Å². The molecule has 1 saturated carbocycles. The van der Waals surface area contributed by atoms with Crippen molar-refractivity contribution in [1.82, 2.24) is 4.90 Å². The highest BCUT2D eigenvalue weighted by Crippen LogP contribution is 2.24. The van der Waals surface area contributed by atoms with Crippen molar-refractivity contribution in [3.05, 3.63) is 0 Å². The van der Waals surface area contributed by atoms with Crippen molar-refractivity contribution in [2.75, 3.05) is 13.1 Å². The lowest BCUT2D eigenvalue weighted by atomic mass is 10.1. The van der Waals surface area contributed by atoms with Gasteiger partial charge < -0.3 is 10.6 Å². The van der Waals surface area contributed by atoms with Crippen molar-refractivity contribution in [2.45, 2.75) is 77.8 Å². The molecule has 0 aliphatic heterocycles. The maximum atomic E-state index is 6.14. The van der Waals surface area contributed by atoms with Crippen LogP contribution in [0.1, 0.15) is 65.7 Å². The van der Waals surface area contributed by atoms with Crippen LogP contribution in [0.25, 0.3) is 0 Å². The number of nitrogens with zero attached hydrogens (tertiary/aromatic N) is 1. The summed E-state index contributed by atoms with van der Waals surface area (Å²) < 4.78 is 0. The zero-order valence-corrected chi connectivity index (χ0v) is 12.1. The van der Waals surface area contributed by atoms with E-state index in [0.717, 1.165) is 12.0 Å². The summed E-state index contributed by atoms with van der Waals surface area (Å²) in [4.78, 5) is 2.72. The fourth-order valence-electron chi connectivity index (χ4n) is 3.01. The van der Waals surface area contributed by atoms with Crippen LogP contribution < -0.4 is 5.73 Å². The lowest BCUT2D eigenvalue weighted by molar-refractivity contribution is 0.170. The van der Waals surface area contributed by atoms with Crippen LogP contribution in [0.3, 0.4) is 0 Å². The highest BCUT2D eigenvalue weighted by Gasteiger charge is 2.23. The molecule has 0 saturated heterocycles. The maximum absolute atomic E-state index is 6.14. The Morgan fingerprint density at radius 3 is 2.35 bits per heavy atom. The zero-order valence-electron chi connectivity index (χ0n) is 12.1. The number of nitrogens with two attached hydrogens (primary N) is 1. The summed E-state index contributed by atoms with van der Waals surface area (Å²) >= 11 is 0. The molecule has 102 valence electrons. The molecule has 1 fully saturated rings. The standard InChI is InChI=1S/C15H32N2/c1-4-7-14(16)10-11-17(12-13(2)3)15-8-5-6-9-15/h13-15H,4-12,16H2,1-3H3. The molecular weight excluding hydrogens is 208 g/mol. The van der Waals surface area contributed by atoms with Gasteiger partial charge in [-0.25, -0.2) is 0 Å². The van der Waals surface area contributed by atoms with Crippen molar-refractivity contribution in [3.8, 4) is 0 Å². The van der Waals surface area contributed by atoms with E-state index in [-0.39, 0.29) is 0 Å². The van der Waals surface area contributed by atoms with Crippen LogP contribution in [-0.2, 0) is 0 Å². The summed E-state index contributed by atoms with van der Waals surface area (Å²) in [5, 5.41) is 0. The first-order valence-electron chi connectivity index (χ1n) is 7.63. The minimum atomic E-state index is 0.413. The molecule has 0 aromatic carbocycles. The molecule has 0 radical (unpaired) electrons. The second kappa shape index (κ2) is 8.10. The zero-order chi connectivity index (χ0) is 12.7. The van der Waals surface area contributed by atoms with Crippen LogP contribution in [0.2, 0.25) is 0 Å². The van der Waals surface area contributed by atoms with E-state index in [1.807, 2.05) is 0 Å². The normalized spacial score (nSPS) is 19.4. The first-order chi connectivity index (χ1) is 8.13. The lowest BCUT2D eigenvalue weighted by Gasteiger charge is -2.31. The van der Waals surface area contributed by atoms with Crippen molar-refractivity contribution in [2.24, 2.45) is 11.7 Å². The fraction of sp³-hybridized carbons (Fsp3) is 1.00. The monoisotopic (exact) mass is 240 g/mol. The molecular formula is C15H32N2. The van der Waals surface area contributed by atoms with Gasteiger partial charge in [0.2, 0.25) is 0 Å². The molecule has 0 bridgehead atoms. The van der Waals surface area contributed by atoms with E-state index in [2.05, 4.69) is 25.7 Å². The van der Waals surface area contributed by atoms with Gasteiger partial charge in [0.1, 0.15) is 0 Å². The minimum absolute atomic E-state index is 0.413. The van der Waals surface area contributed by atoms with Crippen LogP contribution in [0.4, 0.5) is 0 Å². The van der Waals surface area contributed by atoms with Crippen molar-refractivity contribution >= 4 is 0 Å². The van der Waals surface area contributed by atoms with E-state index < -0.39 is 0 Å². The third kappa shape index (κ3) is 5.87. The van der Waals surface area contributed by atoms with Gasteiger partial charge in [0.15, 0.2) is 0 Å². The molecule has 17 heavy (non-hydrogen) atoms. The molecule has 1 atom stereocenters. The molecule has 1 unspecified atom stereocenters. The van der Waals surface area contributed by atoms with Crippen LogP contribution in [-0.4, -0.2) is 30.1 Å². The number of hydrogen-bond donors (Lipinski definition) is 1. The molecule has 0 spiro atoms. The first kappa shape index (κ1) is 15.0. The molecule has 2 N–H and O–H groups in total. The highest BCUT2D eigenvalue weighted by molar-refractivity contribution is 4.79. The Labute approximate surface area is 108 Å². The van der Waals surface area contributed by atoms with Gasteiger partial charge in [0, 0.05) is 18.6 Å². The topological polar surface area (TPSA) is 29.3 Å². The van der Waals surface area contributed by atoms with Crippen LogP contribution in [0, 0.1) is 5.92 Å². The van der Waals surface area contributed by atoms with Crippen molar-refractivity contribution in [1.29, 1.82) is 0 Å². The van der Waals surface area contributed by atoms with E-state index in [1.165, 1.54) is 58.0 Å². The third-order valence-corrected chi connectivity index (χ3v) is 3.89. The average Bonchev–Trinajstić information content (AvgIpc) is 2.77. The molecule has 1 aliphatic carbocycles. The summed E-state index contributed by atoms with van der Waals surface area (Å²) in [6.45, 7) is 9.35. The summed E-state index contributed by atoms with van der Waals surface area (Å²) in [5.74, 6) is 0.776. The SMILES string of the molecule is CCCC(N)CCN(CC(C)C)C1CCCC1. The summed E-state index contributed by atoms with van der Waals surface area (Å²) in [5.41, 5.74) is 6.14. The molecule has 0 aromatic heterocycles. The Bertz CT molecular complexity index is 185. The van der Waals surface area contributed by atoms with E-state index >= 15 is 0 Å². The molecule has 2 nitrogen and oxygen atoms in total. The van der Waals surface area contributed by atoms with Crippen molar-refractivity contribution < 1.29 is 0 Å². The van der Waals surface area contributed by atoms with Crippen molar-refractivity contribution in [3.63, 3.8) is 0 Å². The Hall–Kier alpha value is -0.0800. The third-order valence-electron chi connectivity index (χ3n) is 3.89. The van der Waals surface area contributed by atoms with E-state index in [9.17, 15) is 0 Å². The molecule has 0 heterocycles. The van der Waals surface area contributed by atoms with E-state index in [4.69, 9.17) is 5.73 Å². The summed E-state index contributed by atoms with van der Waals surface area (Å²) in [6, 6.07) is 1.27. The predicted octanol–water partition coefficient (Wildman–Crippen LogP) is 3.40. The van der Waals surface area contributed by atoms with Gasteiger partial charge >= 0.3 is 0 Å². The second-order valence-electron chi connectivity index (χ2n) is 6.16. The smallest absolute Gasteiger partial charge is 0.00953 e. The predicted molar refractivity (Wildman–Crippen MR) is 76.2 cm³/mol. The van der Waals surface area contributed by atoms with Gasteiger partial charge in [-0.15, -0.1) is 0 Å². The van der Waals surface area contributed by atoms with Crippen LogP contribution in [0.5, 0.6) is 0 Å². The van der Waals surface area contributed by atoms with Crippen LogP contribution in [0.15, 0.2) is 0 Å². The highest BCUT2D eigenvalue weighted by atomic mass is 15.2. The van der Waals surface area contributed by atoms with E-state index in [1.54, 1.807) is 0 Å². The van der Waals surface area contributed by atoms with Gasteiger partial charge in [0.05, 0.1) is 0 Å². The number of rotatable bonds is 8. The largest absolute Gasteiger partial charge is 0.328 e. The Morgan fingerprint density at radius 2 is 1.82 bits per heavy atom. The quantitative estimate of drug-likeness (QED) is 0.704. The summed E-state index contributed by atoms with van der Waals surface area (Å²) in [6.07, 6.45) is 9.26. The number of hydrogen-bond acceptors (Lipinski definition) is 2. The fourth-order valence-corrected chi connectivity index (χ4v) is 3.01. The Kier molecular flexibility index (Phi) is 7.14. The Morgan fingerprint density at radius 1 is 1.18 bits per heavy atom. The molecule has 0 aromatic rings. The molecule has 2 heteroatoms. The molecule has 0 amide bonds. The van der Waals surface area contributed by atoms with Gasteiger partial charge in [-0.05, 0) is 38.1 Å². The maximum Gasteiger partial charge on any atom is 0.00953 e. The van der Waals surface area contributed by atoms with Gasteiger partial charge in [-0.2, -0.15) is 0 Å². The average molecular weight is 240 g/mol. The Balaban J connectivity index is 2.34. The molecule has 1 rings (SSSR count). The second-order valence-corrected chi connectivity index (χ2v) is 6.16. The minimum Gasteiger partial charge on any atom is -0.328 e. The lowest BCUT2D eigenvalue weighted by Crippen LogP contribution is -2.39. The van der Waals surface area contributed by atoms with E-state index in [0.29, 0.717) is 6.04 Å².